The van der Waals surface area contributed by atoms with Gasteiger partial charge in [0.2, 0.25) is 0 Å². The molecule has 0 saturated carbocycles. The Morgan fingerprint density at radius 3 is 2.69 bits per heavy atom. The van der Waals surface area contributed by atoms with E-state index in [0.717, 1.165) is 0 Å². The predicted octanol–water partition coefficient (Wildman–Crippen LogP) is 2.64. The molecule has 1 unspecified atom stereocenters. The molecule has 0 radical (unpaired) electrons. The number of hydrogen-bond acceptors (Lipinski definition) is 2. The van der Waals surface area contributed by atoms with Crippen LogP contribution in [-0.2, 0) is 0 Å². The van der Waals surface area contributed by atoms with Gasteiger partial charge in [-0.3, -0.25) is 4.90 Å². The Balaban J connectivity index is 2.36. The van der Waals surface area contributed by atoms with E-state index in [2.05, 4.69) is 44.3 Å². The molecule has 1 fully saturated rings. The van der Waals surface area contributed by atoms with Gasteiger partial charge in [0.1, 0.15) is 0 Å². The Hall–Kier alpha value is -0.760. The van der Waals surface area contributed by atoms with Crippen LogP contribution in [0.4, 0.5) is 0 Å². The maximum absolute atomic E-state index is 4.22. The van der Waals surface area contributed by atoms with E-state index >= 15 is 0 Å². The quantitative estimate of drug-likeness (QED) is 0.706. The molecule has 0 spiro atoms. The second kappa shape index (κ2) is 3.92. The lowest BCUT2D eigenvalue weighted by atomic mass is 9.81. The first-order valence-electron chi connectivity index (χ1n) is 6.28. The van der Waals surface area contributed by atoms with Crippen molar-refractivity contribution in [2.24, 2.45) is 0 Å². The largest absolute Gasteiger partial charge is 0.378 e. The first-order chi connectivity index (χ1) is 7.47. The Morgan fingerprint density at radius 1 is 1.38 bits per heavy atom. The molecular weight excluding hydrogens is 196 g/mol. The number of allylic oxidation sites excluding steroid dienone is 1. The van der Waals surface area contributed by atoms with Crippen molar-refractivity contribution in [3.8, 4) is 0 Å². The van der Waals surface area contributed by atoms with Gasteiger partial charge < -0.3 is 4.90 Å². The first kappa shape index (κ1) is 11.7. The molecule has 0 amide bonds. The van der Waals surface area contributed by atoms with Crippen LogP contribution in [0.2, 0.25) is 0 Å². The van der Waals surface area contributed by atoms with Gasteiger partial charge in [-0.15, -0.1) is 0 Å². The van der Waals surface area contributed by atoms with Crippen molar-refractivity contribution in [1.82, 2.24) is 9.80 Å². The monoisotopic (exact) mass is 220 g/mol. The molecule has 2 aliphatic heterocycles. The first-order valence-corrected chi connectivity index (χ1v) is 6.28. The lowest BCUT2D eigenvalue weighted by molar-refractivity contribution is 0.177. The van der Waals surface area contributed by atoms with E-state index in [4.69, 9.17) is 0 Å². The second-order valence-electron chi connectivity index (χ2n) is 5.56. The van der Waals surface area contributed by atoms with Gasteiger partial charge >= 0.3 is 0 Å². The van der Waals surface area contributed by atoms with Crippen molar-refractivity contribution in [1.29, 1.82) is 0 Å². The van der Waals surface area contributed by atoms with E-state index in [1.807, 2.05) is 0 Å². The smallest absolute Gasteiger partial charge is 0.0396 e. The number of rotatable bonds is 2. The van der Waals surface area contributed by atoms with Gasteiger partial charge in [0.15, 0.2) is 0 Å². The molecule has 0 aromatic carbocycles. The van der Waals surface area contributed by atoms with Crippen LogP contribution in [-0.4, -0.2) is 42.5 Å². The molecule has 2 heterocycles. The minimum atomic E-state index is 0.312. The summed E-state index contributed by atoms with van der Waals surface area (Å²) < 4.78 is 0. The van der Waals surface area contributed by atoms with Gasteiger partial charge in [0.05, 0.1) is 0 Å². The van der Waals surface area contributed by atoms with Crippen LogP contribution < -0.4 is 0 Å². The lowest BCUT2D eigenvalue weighted by Gasteiger charge is -2.43. The molecular formula is C14H24N2. The van der Waals surface area contributed by atoms with E-state index in [0.29, 0.717) is 5.54 Å². The third-order valence-electron chi connectivity index (χ3n) is 4.57. The topological polar surface area (TPSA) is 6.48 Å². The van der Waals surface area contributed by atoms with Crippen LogP contribution in [0.25, 0.3) is 0 Å². The summed E-state index contributed by atoms with van der Waals surface area (Å²) >= 11 is 0. The Morgan fingerprint density at radius 2 is 2.06 bits per heavy atom. The summed E-state index contributed by atoms with van der Waals surface area (Å²) in [6.07, 6.45) is 3.82. The normalized spacial score (nSPS) is 30.5. The molecule has 1 saturated heterocycles. The average molecular weight is 220 g/mol. The minimum Gasteiger partial charge on any atom is -0.378 e. The summed E-state index contributed by atoms with van der Waals surface area (Å²) in [5, 5.41) is 0. The maximum Gasteiger partial charge on any atom is 0.0396 e. The van der Waals surface area contributed by atoms with Crippen LogP contribution in [0, 0.1) is 0 Å². The van der Waals surface area contributed by atoms with Gasteiger partial charge in [0, 0.05) is 31.9 Å². The molecule has 2 aliphatic rings. The fourth-order valence-corrected chi connectivity index (χ4v) is 3.19. The molecule has 2 nitrogen and oxygen atoms in total. The van der Waals surface area contributed by atoms with E-state index in [9.17, 15) is 0 Å². The lowest BCUT2D eigenvalue weighted by Crippen LogP contribution is -2.46. The molecule has 90 valence electrons. The highest BCUT2D eigenvalue weighted by atomic mass is 15.2. The Labute approximate surface area is 99.6 Å². The average Bonchev–Trinajstić information content (AvgIpc) is 2.61. The fraction of sp³-hybridized carbons (Fsp3) is 0.714. The van der Waals surface area contributed by atoms with Crippen molar-refractivity contribution < 1.29 is 0 Å². The number of hydrogen-bond donors (Lipinski definition) is 0. The third kappa shape index (κ3) is 1.60. The SMILES string of the molecule is C=C(C1=C(C)C2(C)CCCN2CC1)N(C)C. The zero-order valence-electron chi connectivity index (χ0n) is 11.1. The summed E-state index contributed by atoms with van der Waals surface area (Å²) in [6, 6.07) is 0. The van der Waals surface area contributed by atoms with Crippen LogP contribution in [0.15, 0.2) is 23.4 Å². The molecule has 0 bridgehead atoms. The Bertz CT molecular complexity index is 341. The maximum atomic E-state index is 4.22. The van der Waals surface area contributed by atoms with Crippen molar-refractivity contribution >= 4 is 0 Å². The van der Waals surface area contributed by atoms with Gasteiger partial charge in [0.25, 0.3) is 0 Å². The van der Waals surface area contributed by atoms with E-state index in [-0.39, 0.29) is 0 Å². The standard InChI is InChI=1S/C14H24N2/c1-11-13(12(2)15(4)5)7-10-16-9-6-8-14(11,16)3/h2,6-10H2,1,3-5H3. The van der Waals surface area contributed by atoms with Crippen LogP contribution in [0.1, 0.15) is 33.1 Å². The minimum absolute atomic E-state index is 0.312. The van der Waals surface area contributed by atoms with Crippen molar-refractivity contribution in [2.75, 3.05) is 27.2 Å². The van der Waals surface area contributed by atoms with Crippen LogP contribution >= 0.6 is 0 Å². The van der Waals surface area contributed by atoms with E-state index in [1.54, 1.807) is 5.57 Å². The molecule has 2 rings (SSSR count). The molecule has 2 heteroatoms. The van der Waals surface area contributed by atoms with Gasteiger partial charge in [-0.2, -0.15) is 0 Å². The highest BCUT2D eigenvalue weighted by molar-refractivity contribution is 5.39. The summed E-state index contributed by atoms with van der Waals surface area (Å²) in [6.45, 7) is 11.4. The zero-order chi connectivity index (χ0) is 11.9. The van der Waals surface area contributed by atoms with Gasteiger partial charge in [-0.1, -0.05) is 6.58 Å². The summed E-state index contributed by atoms with van der Waals surface area (Å²) in [5.41, 5.74) is 4.55. The number of likely N-dealkylation sites (N-methyl/N-ethyl adjacent to an activating group) is 1. The summed E-state index contributed by atoms with van der Waals surface area (Å²) in [7, 11) is 4.18. The second-order valence-corrected chi connectivity index (χ2v) is 5.56. The molecule has 16 heavy (non-hydrogen) atoms. The fourth-order valence-electron chi connectivity index (χ4n) is 3.19. The molecule has 1 atom stereocenters. The molecule has 0 aromatic heterocycles. The molecule has 0 N–H and O–H groups in total. The van der Waals surface area contributed by atoms with Gasteiger partial charge in [-0.25, -0.2) is 0 Å². The van der Waals surface area contributed by atoms with Crippen molar-refractivity contribution in [3.05, 3.63) is 23.4 Å². The highest BCUT2D eigenvalue weighted by Gasteiger charge is 2.41. The van der Waals surface area contributed by atoms with Crippen molar-refractivity contribution in [3.63, 3.8) is 0 Å². The highest BCUT2D eigenvalue weighted by Crippen LogP contribution is 2.42. The van der Waals surface area contributed by atoms with Gasteiger partial charge in [-0.05, 0) is 50.8 Å². The Kier molecular flexibility index (Phi) is 2.87. The van der Waals surface area contributed by atoms with E-state index < -0.39 is 0 Å². The van der Waals surface area contributed by atoms with Crippen LogP contribution in [0.3, 0.4) is 0 Å². The van der Waals surface area contributed by atoms with E-state index in [1.165, 1.54) is 43.6 Å². The summed E-state index contributed by atoms with van der Waals surface area (Å²) in [5.74, 6) is 0. The predicted molar refractivity (Wildman–Crippen MR) is 69.4 cm³/mol. The number of nitrogens with zero attached hydrogens (tertiary/aromatic N) is 2. The van der Waals surface area contributed by atoms with Crippen molar-refractivity contribution in [2.45, 2.75) is 38.6 Å². The van der Waals surface area contributed by atoms with Crippen LogP contribution in [0.5, 0.6) is 0 Å². The molecule has 0 aliphatic carbocycles. The summed E-state index contributed by atoms with van der Waals surface area (Å²) in [4.78, 5) is 4.79. The third-order valence-corrected chi connectivity index (χ3v) is 4.57. The molecule has 0 aromatic rings. The number of fused-ring (bicyclic) bond motifs is 1. The zero-order valence-corrected chi connectivity index (χ0v) is 11.1.